The van der Waals surface area contributed by atoms with E-state index in [0.717, 1.165) is 32.2 Å². The Morgan fingerprint density at radius 2 is 1.95 bits per heavy atom. The number of nitrogens with one attached hydrogen (secondary N) is 1. The summed E-state index contributed by atoms with van der Waals surface area (Å²) >= 11 is 0. The van der Waals surface area contributed by atoms with Crippen LogP contribution in [0.3, 0.4) is 0 Å². The van der Waals surface area contributed by atoms with Gasteiger partial charge in [0.15, 0.2) is 0 Å². The number of amides is 1. The summed E-state index contributed by atoms with van der Waals surface area (Å²) in [5.74, 6) is 0. The van der Waals surface area contributed by atoms with Crippen molar-refractivity contribution in [1.82, 2.24) is 10.2 Å². The zero-order valence-corrected chi connectivity index (χ0v) is 12.7. The molecular formula is C15H30N2O2. The summed E-state index contributed by atoms with van der Waals surface area (Å²) < 4.78 is 0. The molecule has 1 amide bonds. The van der Waals surface area contributed by atoms with Crippen LogP contribution < -0.4 is 5.32 Å². The summed E-state index contributed by atoms with van der Waals surface area (Å²) in [6.45, 7) is 7.83. The molecule has 2 N–H and O–H groups in total. The van der Waals surface area contributed by atoms with Crippen molar-refractivity contribution in [2.24, 2.45) is 0 Å². The average Bonchev–Trinajstić information content (AvgIpc) is 2.32. The van der Waals surface area contributed by atoms with Gasteiger partial charge >= 0.3 is 6.09 Å². The van der Waals surface area contributed by atoms with E-state index in [1.807, 2.05) is 0 Å². The fourth-order valence-corrected chi connectivity index (χ4v) is 3.25. The van der Waals surface area contributed by atoms with Crippen LogP contribution in [0.4, 0.5) is 4.79 Å². The van der Waals surface area contributed by atoms with Crippen molar-refractivity contribution in [1.29, 1.82) is 0 Å². The summed E-state index contributed by atoms with van der Waals surface area (Å²) in [7, 11) is 0. The molecule has 0 spiro atoms. The molecule has 19 heavy (non-hydrogen) atoms. The second-order valence-electron chi connectivity index (χ2n) is 5.94. The largest absolute Gasteiger partial charge is 0.465 e. The molecule has 0 bridgehead atoms. The third-order valence-corrected chi connectivity index (χ3v) is 4.31. The molecule has 2 unspecified atom stereocenters. The Balaban J connectivity index is 2.31. The fraction of sp³-hybridized carbons (Fsp3) is 0.933. The first-order valence-electron chi connectivity index (χ1n) is 7.79. The highest BCUT2D eigenvalue weighted by Crippen LogP contribution is 2.23. The highest BCUT2D eigenvalue weighted by molar-refractivity contribution is 5.64. The van der Waals surface area contributed by atoms with E-state index in [1.54, 1.807) is 0 Å². The molecule has 1 rings (SSSR count). The normalized spacial score (nSPS) is 26.1. The molecule has 1 fully saturated rings. The van der Waals surface area contributed by atoms with Gasteiger partial charge in [-0.25, -0.2) is 4.79 Å². The van der Waals surface area contributed by atoms with Crippen LogP contribution in [0.15, 0.2) is 0 Å². The van der Waals surface area contributed by atoms with Crippen LogP contribution in [-0.2, 0) is 0 Å². The van der Waals surface area contributed by atoms with Crippen LogP contribution in [0, 0.1) is 0 Å². The zero-order chi connectivity index (χ0) is 14.3. The number of hydrogen-bond acceptors (Lipinski definition) is 2. The lowest BCUT2D eigenvalue weighted by Crippen LogP contribution is -2.44. The van der Waals surface area contributed by atoms with E-state index < -0.39 is 6.09 Å². The Kier molecular flexibility index (Phi) is 7.21. The molecule has 112 valence electrons. The molecular weight excluding hydrogens is 240 g/mol. The second kappa shape index (κ2) is 8.41. The van der Waals surface area contributed by atoms with Gasteiger partial charge in [0.1, 0.15) is 0 Å². The van der Waals surface area contributed by atoms with Gasteiger partial charge < -0.3 is 10.4 Å². The van der Waals surface area contributed by atoms with E-state index in [0.29, 0.717) is 12.1 Å². The number of hydrogen-bond donors (Lipinski definition) is 2. The van der Waals surface area contributed by atoms with E-state index in [1.165, 1.54) is 19.3 Å². The van der Waals surface area contributed by atoms with Crippen LogP contribution in [0.1, 0.15) is 65.7 Å². The minimum Gasteiger partial charge on any atom is -0.465 e. The predicted octanol–water partition coefficient (Wildman–Crippen LogP) is 3.47. The lowest BCUT2D eigenvalue weighted by Gasteiger charge is -2.39. The highest BCUT2D eigenvalue weighted by atomic mass is 16.4. The Morgan fingerprint density at radius 1 is 1.32 bits per heavy atom. The SMILES string of the molecule is CCC[C@@H](CCCN1C(C)CCCC1C)NC(=O)O. The maximum Gasteiger partial charge on any atom is 0.404 e. The Hall–Kier alpha value is -0.770. The molecule has 0 aromatic rings. The van der Waals surface area contributed by atoms with E-state index in [9.17, 15) is 4.79 Å². The third-order valence-electron chi connectivity index (χ3n) is 4.31. The topological polar surface area (TPSA) is 52.6 Å². The van der Waals surface area contributed by atoms with E-state index >= 15 is 0 Å². The lowest BCUT2D eigenvalue weighted by molar-refractivity contribution is 0.0999. The Bertz CT molecular complexity index is 261. The summed E-state index contributed by atoms with van der Waals surface area (Å²) in [6, 6.07) is 1.49. The van der Waals surface area contributed by atoms with Crippen molar-refractivity contribution in [2.45, 2.75) is 83.8 Å². The van der Waals surface area contributed by atoms with Gasteiger partial charge in [0, 0.05) is 18.1 Å². The molecule has 4 heteroatoms. The van der Waals surface area contributed by atoms with Gasteiger partial charge in [0.2, 0.25) is 0 Å². The van der Waals surface area contributed by atoms with E-state index in [-0.39, 0.29) is 6.04 Å². The molecule has 0 radical (unpaired) electrons. The Labute approximate surface area is 117 Å². The molecule has 0 aliphatic carbocycles. The van der Waals surface area contributed by atoms with Crippen LogP contribution in [-0.4, -0.2) is 40.8 Å². The summed E-state index contributed by atoms with van der Waals surface area (Å²) in [6.07, 6.45) is 7.07. The average molecular weight is 270 g/mol. The fourth-order valence-electron chi connectivity index (χ4n) is 3.25. The minimum atomic E-state index is -0.891. The first-order chi connectivity index (χ1) is 9.04. The first-order valence-corrected chi connectivity index (χ1v) is 7.79. The van der Waals surface area contributed by atoms with Crippen molar-refractivity contribution in [3.05, 3.63) is 0 Å². The standard InChI is InChI=1S/C15H30N2O2/c1-4-7-14(16-15(18)19)10-6-11-17-12(2)8-5-9-13(17)3/h12-14,16H,4-11H2,1-3H3,(H,18,19)/t12?,13?,14-/m0/s1. The van der Waals surface area contributed by atoms with Gasteiger partial charge in [0.05, 0.1) is 0 Å². The van der Waals surface area contributed by atoms with E-state index in [4.69, 9.17) is 5.11 Å². The molecule has 1 saturated heterocycles. The van der Waals surface area contributed by atoms with Gasteiger partial charge in [-0.15, -0.1) is 0 Å². The highest BCUT2D eigenvalue weighted by Gasteiger charge is 2.24. The molecule has 1 aliphatic rings. The molecule has 0 saturated carbocycles. The van der Waals surface area contributed by atoms with Gasteiger partial charge in [-0.2, -0.15) is 0 Å². The molecule has 1 heterocycles. The smallest absolute Gasteiger partial charge is 0.404 e. The first kappa shape index (κ1) is 16.3. The van der Waals surface area contributed by atoms with Crippen molar-refractivity contribution < 1.29 is 9.90 Å². The van der Waals surface area contributed by atoms with Crippen LogP contribution in [0.25, 0.3) is 0 Å². The van der Waals surface area contributed by atoms with Crippen molar-refractivity contribution >= 4 is 6.09 Å². The quantitative estimate of drug-likeness (QED) is 0.745. The molecule has 4 nitrogen and oxygen atoms in total. The molecule has 0 aromatic heterocycles. The van der Waals surface area contributed by atoms with Gasteiger partial charge in [0.25, 0.3) is 0 Å². The van der Waals surface area contributed by atoms with E-state index in [2.05, 4.69) is 31.0 Å². The number of rotatable bonds is 7. The van der Waals surface area contributed by atoms with Gasteiger partial charge in [-0.1, -0.05) is 19.8 Å². The maximum atomic E-state index is 10.7. The minimum absolute atomic E-state index is 0.123. The Morgan fingerprint density at radius 3 is 2.47 bits per heavy atom. The van der Waals surface area contributed by atoms with Crippen molar-refractivity contribution in [2.75, 3.05) is 6.54 Å². The second-order valence-corrected chi connectivity index (χ2v) is 5.94. The van der Waals surface area contributed by atoms with Gasteiger partial charge in [-0.3, -0.25) is 4.90 Å². The summed E-state index contributed by atoms with van der Waals surface area (Å²) in [4.78, 5) is 13.3. The van der Waals surface area contributed by atoms with Gasteiger partial charge in [-0.05, 0) is 52.5 Å². The molecule has 3 atom stereocenters. The third kappa shape index (κ3) is 5.81. The zero-order valence-electron chi connectivity index (χ0n) is 12.7. The van der Waals surface area contributed by atoms with Crippen molar-refractivity contribution in [3.8, 4) is 0 Å². The van der Waals surface area contributed by atoms with Crippen LogP contribution in [0.2, 0.25) is 0 Å². The molecule has 0 aromatic carbocycles. The van der Waals surface area contributed by atoms with Crippen molar-refractivity contribution in [3.63, 3.8) is 0 Å². The number of likely N-dealkylation sites (tertiary alicyclic amines) is 1. The van der Waals surface area contributed by atoms with Crippen LogP contribution >= 0.6 is 0 Å². The number of carboxylic acid groups (broad SMARTS) is 1. The van der Waals surface area contributed by atoms with Crippen LogP contribution in [0.5, 0.6) is 0 Å². The lowest BCUT2D eigenvalue weighted by atomic mass is 9.96. The number of carbonyl (C=O) groups is 1. The predicted molar refractivity (Wildman–Crippen MR) is 78.6 cm³/mol. The monoisotopic (exact) mass is 270 g/mol. The molecule has 1 aliphatic heterocycles. The number of piperidine rings is 1. The number of nitrogens with zero attached hydrogens (tertiary/aromatic N) is 1. The summed E-state index contributed by atoms with van der Waals surface area (Å²) in [5.41, 5.74) is 0. The maximum absolute atomic E-state index is 10.7. The summed E-state index contributed by atoms with van der Waals surface area (Å²) in [5, 5.41) is 11.5.